The van der Waals surface area contributed by atoms with E-state index in [0.29, 0.717) is 5.92 Å². The Hall–Kier alpha value is -1.80. The van der Waals surface area contributed by atoms with Crippen LogP contribution in [0.5, 0.6) is 5.75 Å². The second-order valence-electron chi connectivity index (χ2n) is 7.89. The number of ether oxygens (including phenoxy) is 1. The number of likely N-dealkylation sites (N-methyl/N-ethyl adjacent to an activating group) is 1. The zero-order valence-electron chi connectivity index (χ0n) is 17.3. The summed E-state index contributed by atoms with van der Waals surface area (Å²) in [4.78, 5) is 13.8. The van der Waals surface area contributed by atoms with Gasteiger partial charge in [0.2, 0.25) is 0 Å². The van der Waals surface area contributed by atoms with E-state index in [1.807, 2.05) is 6.92 Å². The van der Waals surface area contributed by atoms with E-state index in [4.69, 9.17) is 4.74 Å². The molecule has 2 N–H and O–H groups in total. The molecule has 164 valence electrons. The zero-order chi connectivity index (χ0) is 21.7. The van der Waals surface area contributed by atoms with Gasteiger partial charge >= 0.3 is 6.18 Å². The predicted molar refractivity (Wildman–Crippen MR) is 105 cm³/mol. The number of amides is 1. The summed E-state index contributed by atoms with van der Waals surface area (Å²) in [5, 5.41) is 13.9. The van der Waals surface area contributed by atoms with Crippen molar-refractivity contribution in [3.63, 3.8) is 0 Å². The van der Waals surface area contributed by atoms with Crippen molar-refractivity contribution in [2.45, 2.75) is 44.9 Å². The highest BCUT2D eigenvalue weighted by Crippen LogP contribution is 2.41. The summed E-state index contributed by atoms with van der Waals surface area (Å²) >= 11 is 0. The lowest BCUT2D eigenvalue weighted by Crippen LogP contribution is -2.55. The molecule has 2 unspecified atom stereocenters. The first kappa shape index (κ1) is 23.5. The average Bonchev–Trinajstić information content (AvgIpc) is 2.67. The number of benzene rings is 1. The topological polar surface area (TPSA) is 61.8 Å². The van der Waals surface area contributed by atoms with Crippen molar-refractivity contribution in [3.8, 4) is 5.75 Å². The smallest absolute Gasteiger partial charge is 0.430 e. The fraction of sp³-hybridized carbons (Fsp3) is 0.667. The number of alkyl halides is 3. The predicted octanol–water partition coefficient (Wildman–Crippen LogP) is 3.32. The SMILES string of the molecule is CCOc1cccc(C(O)(C(=O)N(C)CC(C)CC2CCNCC2)C(F)(F)F)c1. The van der Waals surface area contributed by atoms with E-state index >= 15 is 0 Å². The lowest BCUT2D eigenvalue weighted by Gasteiger charge is -2.35. The van der Waals surface area contributed by atoms with Gasteiger partial charge in [0, 0.05) is 19.2 Å². The number of rotatable bonds is 8. The normalized spacial score (nSPS) is 18.7. The number of carbonyl (C=O) groups is 1. The molecule has 0 aromatic heterocycles. The zero-order valence-corrected chi connectivity index (χ0v) is 17.3. The van der Waals surface area contributed by atoms with Crippen molar-refractivity contribution in [2.24, 2.45) is 11.8 Å². The van der Waals surface area contributed by atoms with Crippen LogP contribution in [-0.4, -0.2) is 55.4 Å². The maximum Gasteiger partial charge on any atom is 0.430 e. The van der Waals surface area contributed by atoms with E-state index in [-0.39, 0.29) is 24.8 Å². The van der Waals surface area contributed by atoms with Gasteiger partial charge in [-0.1, -0.05) is 19.1 Å². The van der Waals surface area contributed by atoms with E-state index < -0.39 is 23.2 Å². The van der Waals surface area contributed by atoms with Gasteiger partial charge < -0.3 is 20.1 Å². The lowest BCUT2D eigenvalue weighted by molar-refractivity contribution is -0.261. The van der Waals surface area contributed by atoms with Gasteiger partial charge in [0.1, 0.15) is 5.75 Å². The summed E-state index contributed by atoms with van der Waals surface area (Å²) in [6.45, 7) is 5.91. The lowest BCUT2D eigenvalue weighted by atomic mass is 9.87. The molecule has 0 bridgehead atoms. The highest BCUT2D eigenvalue weighted by Gasteiger charge is 2.61. The monoisotopic (exact) mass is 416 g/mol. The fourth-order valence-corrected chi connectivity index (χ4v) is 3.97. The molecule has 0 saturated carbocycles. The Balaban J connectivity index is 2.18. The van der Waals surface area contributed by atoms with Gasteiger partial charge in [-0.3, -0.25) is 4.79 Å². The summed E-state index contributed by atoms with van der Waals surface area (Å²) in [5.41, 5.74) is -4.16. The molecule has 1 aromatic rings. The van der Waals surface area contributed by atoms with Crippen LogP contribution < -0.4 is 10.1 Å². The molecular weight excluding hydrogens is 385 g/mol. The van der Waals surface area contributed by atoms with Crippen LogP contribution in [0.25, 0.3) is 0 Å². The molecule has 1 amide bonds. The molecule has 1 fully saturated rings. The van der Waals surface area contributed by atoms with Crippen molar-refractivity contribution < 1.29 is 27.8 Å². The highest BCUT2D eigenvalue weighted by molar-refractivity contribution is 5.87. The van der Waals surface area contributed by atoms with Crippen molar-refractivity contribution in [3.05, 3.63) is 29.8 Å². The molecule has 5 nitrogen and oxygen atoms in total. The van der Waals surface area contributed by atoms with Gasteiger partial charge in [0.25, 0.3) is 11.5 Å². The van der Waals surface area contributed by atoms with Crippen molar-refractivity contribution >= 4 is 5.91 Å². The van der Waals surface area contributed by atoms with Gasteiger partial charge in [0.05, 0.1) is 6.61 Å². The Labute approximate surface area is 170 Å². The van der Waals surface area contributed by atoms with E-state index in [1.165, 1.54) is 19.2 Å². The first-order valence-electron chi connectivity index (χ1n) is 10.1. The van der Waals surface area contributed by atoms with Crippen LogP contribution in [0.15, 0.2) is 24.3 Å². The molecule has 2 atom stereocenters. The molecule has 2 rings (SSSR count). The van der Waals surface area contributed by atoms with E-state index in [9.17, 15) is 23.1 Å². The number of nitrogens with one attached hydrogen (secondary N) is 1. The van der Waals surface area contributed by atoms with Gasteiger partial charge in [-0.25, -0.2) is 0 Å². The third kappa shape index (κ3) is 5.63. The van der Waals surface area contributed by atoms with Crippen LogP contribution in [-0.2, 0) is 10.4 Å². The van der Waals surface area contributed by atoms with Gasteiger partial charge in [0.15, 0.2) is 0 Å². The Morgan fingerprint density at radius 1 is 1.34 bits per heavy atom. The molecule has 0 aliphatic carbocycles. The maximum absolute atomic E-state index is 13.9. The number of carbonyl (C=O) groups excluding carboxylic acids is 1. The van der Waals surface area contributed by atoms with Crippen LogP contribution in [0, 0.1) is 11.8 Å². The quantitative estimate of drug-likeness (QED) is 0.683. The van der Waals surface area contributed by atoms with Gasteiger partial charge in [-0.15, -0.1) is 0 Å². The minimum atomic E-state index is -5.17. The van der Waals surface area contributed by atoms with Crippen molar-refractivity contribution in [2.75, 3.05) is 33.3 Å². The largest absolute Gasteiger partial charge is 0.494 e. The second-order valence-corrected chi connectivity index (χ2v) is 7.89. The van der Waals surface area contributed by atoms with E-state index in [2.05, 4.69) is 5.32 Å². The Bertz CT molecular complexity index is 677. The van der Waals surface area contributed by atoms with Crippen molar-refractivity contribution in [1.82, 2.24) is 10.2 Å². The molecule has 1 saturated heterocycles. The van der Waals surface area contributed by atoms with E-state index in [0.717, 1.165) is 49.4 Å². The standard InChI is InChI=1S/C21H31F3N2O3/c1-4-29-18-7-5-6-17(13-18)20(28,21(22,23)24)19(27)26(3)14-15(2)12-16-8-10-25-11-9-16/h5-7,13,15-16,25,28H,4,8-12,14H2,1-3H3. The minimum Gasteiger partial charge on any atom is -0.494 e. The molecule has 1 aliphatic heterocycles. The summed E-state index contributed by atoms with van der Waals surface area (Å²) in [5.74, 6) is -0.684. The molecule has 29 heavy (non-hydrogen) atoms. The second kappa shape index (κ2) is 9.80. The molecular formula is C21H31F3N2O3. The Morgan fingerprint density at radius 2 is 2.00 bits per heavy atom. The summed E-state index contributed by atoms with van der Waals surface area (Å²) in [6.07, 6.45) is -2.28. The molecule has 1 aromatic carbocycles. The fourth-order valence-electron chi connectivity index (χ4n) is 3.97. The molecule has 0 radical (unpaired) electrons. The third-order valence-electron chi connectivity index (χ3n) is 5.41. The molecule has 1 aliphatic rings. The van der Waals surface area contributed by atoms with Crippen LogP contribution >= 0.6 is 0 Å². The van der Waals surface area contributed by atoms with Crippen molar-refractivity contribution in [1.29, 1.82) is 0 Å². The Morgan fingerprint density at radius 3 is 2.59 bits per heavy atom. The first-order valence-corrected chi connectivity index (χ1v) is 10.1. The first-order chi connectivity index (χ1) is 13.6. The number of hydrogen-bond donors (Lipinski definition) is 2. The average molecular weight is 416 g/mol. The van der Waals surface area contributed by atoms with E-state index in [1.54, 1.807) is 6.92 Å². The number of nitrogens with zero attached hydrogens (tertiary/aromatic N) is 1. The third-order valence-corrected chi connectivity index (χ3v) is 5.41. The van der Waals surface area contributed by atoms with Crippen LogP contribution in [0.1, 0.15) is 38.7 Å². The summed E-state index contributed by atoms with van der Waals surface area (Å²) in [7, 11) is 1.31. The Kier molecular flexibility index (Phi) is 7.94. The van der Waals surface area contributed by atoms with Gasteiger partial charge in [-0.2, -0.15) is 13.2 Å². The number of hydrogen-bond acceptors (Lipinski definition) is 4. The van der Waals surface area contributed by atoms with Gasteiger partial charge in [-0.05, 0) is 63.2 Å². The summed E-state index contributed by atoms with van der Waals surface area (Å²) in [6, 6.07) is 4.99. The molecule has 1 heterocycles. The molecule has 0 spiro atoms. The highest BCUT2D eigenvalue weighted by atomic mass is 19.4. The maximum atomic E-state index is 13.9. The van der Waals surface area contributed by atoms with Crippen LogP contribution in [0.2, 0.25) is 0 Å². The number of halogens is 3. The van der Waals surface area contributed by atoms with Crippen LogP contribution in [0.4, 0.5) is 13.2 Å². The minimum absolute atomic E-state index is 0.0271. The number of piperidine rings is 1. The molecule has 8 heteroatoms. The number of aliphatic hydroxyl groups is 1. The van der Waals surface area contributed by atoms with Crippen LogP contribution in [0.3, 0.4) is 0 Å². The summed E-state index contributed by atoms with van der Waals surface area (Å²) < 4.78 is 46.9.